The molecule has 0 aliphatic rings. The van der Waals surface area contributed by atoms with Gasteiger partial charge < -0.3 is 19.8 Å². The molecule has 2 aromatic rings. The second-order valence-corrected chi connectivity index (χ2v) is 3.19. The van der Waals surface area contributed by atoms with Gasteiger partial charge in [-0.1, -0.05) is 0 Å². The summed E-state index contributed by atoms with van der Waals surface area (Å²) >= 11 is 0. The van der Waals surface area contributed by atoms with E-state index in [1.807, 2.05) is 0 Å². The van der Waals surface area contributed by atoms with E-state index in [1.54, 1.807) is 12.1 Å². The number of furan rings is 1. The first-order chi connectivity index (χ1) is 8.18. The molecule has 2 rings (SSSR count). The maximum atomic E-state index is 11.6. The topological polar surface area (TPSA) is 108 Å². The Bertz CT molecular complexity index is 530. The van der Waals surface area contributed by atoms with Crippen molar-refractivity contribution in [2.24, 2.45) is 0 Å². The molecule has 0 aliphatic carbocycles. The fourth-order valence-corrected chi connectivity index (χ4v) is 1.29. The highest BCUT2D eigenvalue weighted by atomic mass is 16.4. The first-order valence-corrected chi connectivity index (χ1v) is 4.75. The zero-order valence-electron chi connectivity index (χ0n) is 8.64. The quantitative estimate of drug-likeness (QED) is 0.720. The molecule has 0 unspecified atom stereocenters. The van der Waals surface area contributed by atoms with Crippen molar-refractivity contribution < 1.29 is 19.1 Å². The number of amides is 1. The molecular formula is C10H9N3O4. The first-order valence-electron chi connectivity index (χ1n) is 4.75. The summed E-state index contributed by atoms with van der Waals surface area (Å²) in [6.45, 7) is 0.178. The predicted molar refractivity (Wildman–Crippen MR) is 55.4 cm³/mol. The lowest BCUT2D eigenvalue weighted by Crippen LogP contribution is -2.25. The van der Waals surface area contributed by atoms with Crippen LogP contribution in [0.4, 0.5) is 0 Å². The van der Waals surface area contributed by atoms with E-state index in [4.69, 9.17) is 9.52 Å². The van der Waals surface area contributed by atoms with Crippen molar-refractivity contribution in [1.82, 2.24) is 15.3 Å². The van der Waals surface area contributed by atoms with Gasteiger partial charge >= 0.3 is 5.97 Å². The Morgan fingerprint density at radius 1 is 1.53 bits per heavy atom. The van der Waals surface area contributed by atoms with Crippen LogP contribution in [-0.2, 0) is 6.54 Å². The second kappa shape index (κ2) is 4.52. The number of H-pyrrole nitrogens is 1. The number of hydrogen-bond donors (Lipinski definition) is 3. The zero-order valence-corrected chi connectivity index (χ0v) is 8.64. The second-order valence-electron chi connectivity index (χ2n) is 3.19. The molecule has 2 heterocycles. The lowest BCUT2D eigenvalue weighted by atomic mass is 10.3. The van der Waals surface area contributed by atoms with Crippen LogP contribution in [0.15, 0.2) is 29.1 Å². The minimum Gasteiger partial charge on any atom is -0.477 e. The molecule has 3 N–H and O–H groups in total. The molecule has 0 bridgehead atoms. The van der Waals surface area contributed by atoms with Crippen LogP contribution in [0.25, 0.3) is 0 Å². The van der Waals surface area contributed by atoms with Gasteiger partial charge in [0, 0.05) is 0 Å². The molecule has 0 radical (unpaired) electrons. The van der Waals surface area contributed by atoms with E-state index in [1.165, 1.54) is 6.26 Å². The number of aromatic nitrogens is 2. The lowest BCUT2D eigenvalue weighted by Gasteiger charge is -2.01. The normalized spacial score (nSPS) is 10.1. The molecule has 88 valence electrons. The van der Waals surface area contributed by atoms with Crippen LogP contribution in [0.3, 0.4) is 0 Å². The van der Waals surface area contributed by atoms with Gasteiger partial charge in [0.05, 0.1) is 19.1 Å². The van der Waals surface area contributed by atoms with E-state index in [0.717, 1.165) is 6.33 Å². The van der Waals surface area contributed by atoms with Crippen molar-refractivity contribution in [2.45, 2.75) is 6.54 Å². The van der Waals surface area contributed by atoms with Crippen molar-refractivity contribution in [2.75, 3.05) is 0 Å². The third-order valence-corrected chi connectivity index (χ3v) is 2.07. The standard InChI is InChI=1S/C10H9N3O4/c14-9(11-4-6-2-1-3-17-6)7-8(10(15)16)13-5-12-7/h1-3,5H,4H2,(H,11,14)(H,12,13)(H,15,16). The molecule has 0 saturated heterocycles. The molecule has 17 heavy (non-hydrogen) atoms. The van der Waals surface area contributed by atoms with Crippen LogP contribution in [0.2, 0.25) is 0 Å². The Morgan fingerprint density at radius 2 is 2.35 bits per heavy atom. The van der Waals surface area contributed by atoms with Crippen LogP contribution < -0.4 is 5.32 Å². The molecule has 0 aromatic carbocycles. The van der Waals surface area contributed by atoms with Crippen molar-refractivity contribution in [1.29, 1.82) is 0 Å². The number of carboxylic acids is 1. The summed E-state index contributed by atoms with van der Waals surface area (Å²) in [5, 5.41) is 11.3. The minimum atomic E-state index is -1.23. The fourth-order valence-electron chi connectivity index (χ4n) is 1.29. The molecule has 7 heteroatoms. The van der Waals surface area contributed by atoms with Gasteiger partial charge in [0.2, 0.25) is 0 Å². The Kier molecular flexibility index (Phi) is 2.91. The molecule has 0 saturated carbocycles. The average Bonchev–Trinajstić information content (AvgIpc) is 2.96. The summed E-state index contributed by atoms with van der Waals surface area (Å²) < 4.78 is 5.02. The van der Waals surface area contributed by atoms with Crippen LogP contribution >= 0.6 is 0 Å². The summed E-state index contributed by atoms with van der Waals surface area (Å²) in [5.74, 6) is -1.23. The number of hydrogen-bond acceptors (Lipinski definition) is 4. The number of nitrogens with one attached hydrogen (secondary N) is 2. The maximum absolute atomic E-state index is 11.6. The predicted octanol–water partition coefficient (Wildman–Crippen LogP) is 0.631. The van der Waals surface area contributed by atoms with E-state index in [9.17, 15) is 9.59 Å². The third kappa shape index (κ3) is 2.33. The first kappa shape index (κ1) is 10.9. The number of nitrogens with zero attached hydrogens (tertiary/aromatic N) is 1. The average molecular weight is 235 g/mol. The SMILES string of the molecule is O=C(NCc1ccco1)c1nc[nH]c1C(=O)O. The number of rotatable bonds is 4. The number of carbonyl (C=O) groups excluding carboxylic acids is 1. The Hall–Kier alpha value is -2.57. The molecule has 0 atom stereocenters. The van der Waals surface area contributed by atoms with Gasteiger partial charge in [-0.25, -0.2) is 9.78 Å². The number of carboxylic acid groups (broad SMARTS) is 1. The van der Waals surface area contributed by atoms with E-state index in [-0.39, 0.29) is 17.9 Å². The van der Waals surface area contributed by atoms with Crippen molar-refractivity contribution in [3.05, 3.63) is 41.9 Å². The van der Waals surface area contributed by atoms with Crippen molar-refractivity contribution in [3.63, 3.8) is 0 Å². The van der Waals surface area contributed by atoms with Crippen LogP contribution in [0.5, 0.6) is 0 Å². The lowest BCUT2D eigenvalue weighted by molar-refractivity contribution is 0.0685. The Morgan fingerprint density at radius 3 is 3.00 bits per heavy atom. The van der Waals surface area contributed by atoms with Crippen LogP contribution in [-0.4, -0.2) is 27.0 Å². The monoisotopic (exact) mass is 235 g/mol. The summed E-state index contributed by atoms with van der Waals surface area (Å²) in [4.78, 5) is 28.4. The molecule has 1 amide bonds. The Balaban J connectivity index is 2.04. The minimum absolute atomic E-state index is 0.149. The largest absolute Gasteiger partial charge is 0.477 e. The molecule has 7 nitrogen and oxygen atoms in total. The fraction of sp³-hybridized carbons (Fsp3) is 0.100. The van der Waals surface area contributed by atoms with Gasteiger partial charge in [0.25, 0.3) is 5.91 Å². The van der Waals surface area contributed by atoms with Crippen LogP contribution in [0, 0.1) is 0 Å². The highest BCUT2D eigenvalue weighted by molar-refractivity contribution is 6.02. The van der Waals surface area contributed by atoms with Crippen LogP contribution in [0.1, 0.15) is 26.7 Å². The van der Waals surface area contributed by atoms with E-state index in [2.05, 4.69) is 15.3 Å². The zero-order chi connectivity index (χ0) is 12.3. The number of imidazole rings is 1. The number of carbonyl (C=O) groups is 2. The van der Waals surface area contributed by atoms with Gasteiger partial charge in [-0.15, -0.1) is 0 Å². The van der Waals surface area contributed by atoms with E-state index in [0.29, 0.717) is 5.76 Å². The molecular weight excluding hydrogens is 226 g/mol. The highest BCUT2D eigenvalue weighted by Gasteiger charge is 2.19. The third-order valence-electron chi connectivity index (χ3n) is 2.07. The van der Waals surface area contributed by atoms with Crippen molar-refractivity contribution >= 4 is 11.9 Å². The molecule has 0 spiro atoms. The van der Waals surface area contributed by atoms with Crippen molar-refractivity contribution in [3.8, 4) is 0 Å². The van der Waals surface area contributed by atoms with Gasteiger partial charge in [0.1, 0.15) is 5.76 Å². The van der Waals surface area contributed by atoms with E-state index < -0.39 is 11.9 Å². The summed E-state index contributed by atoms with van der Waals surface area (Å²) in [6, 6.07) is 3.39. The van der Waals surface area contributed by atoms with Gasteiger partial charge in [0.15, 0.2) is 11.4 Å². The van der Waals surface area contributed by atoms with Gasteiger partial charge in [-0.3, -0.25) is 4.79 Å². The number of aromatic carboxylic acids is 1. The van der Waals surface area contributed by atoms with Gasteiger partial charge in [-0.2, -0.15) is 0 Å². The van der Waals surface area contributed by atoms with Gasteiger partial charge in [-0.05, 0) is 12.1 Å². The highest BCUT2D eigenvalue weighted by Crippen LogP contribution is 2.04. The molecule has 0 aliphatic heterocycles. The number of aromatic amines is 1. The maximum Gasteiger partial charge on any atom is 0.354 e. The summed E-state index contributed by atoms with van der Waals surface area (Å²) in [6.07, 6.45) is 2.64. The smallest absolute Gasteiger partial charge is 0.354 e. The summed E-state index contributed by atoms with van der Waals surface area (Å²) in [5.41, 5.74) is -0.383. The Labute approximate surface area is 95.5 Å². The molecule has 0 fully saturated rings. The van der Waals surface area contributed by atoms with E-state index >= 15 is 0 Å². The summed E-state index contributed by atoms with van der Waals surface area (Å²) in [7, 11) is 0. The molecule has 2 aromatic heterocycles.